The van der Waals surface area contributed by atoms with Crippen LogP contribution < -0.4 is 9.03 Å². The number of benzene rings is 3. The molecule has 0 atom stereocenters. The van der Waals surface area contributed by atoms with Gasteiger partial charge in [0.05, 0.1) is 16.3 Å². The number of nitrogens with zero attached hydrogens (tertiary/aromatic N) is 1. The fourth-order valence-corrected chi connectivity index (χ4v) is 6.09. The molecule has 0 fully saturated rings. The topological polar surface area (TPSA) is 83.5 Å². The number of sulfonamides is 2. The summed E-state index contributed by atoms with van der Waals surface area (Å²) in [7, 11) is -7.31. The van der Waals surface area contributed by atoms with Crippen LogP contribution in [0.3, 0.4) is 0 Å². The predicted molar refractivity (Wildman–Crippen MR) is 114 cm³/mol. The zero-order valence-corrected chi connectivity index (χ0v) is 17.2. The summed E-state index contributed by atoms with van der Waals surface area (Å²) in [6.07, 6.45) is 0.673. The van der Waals surface area contributed by atoms with E-state index in [1.54, 1.807) is 30.3 Å². The van der Waals surface area contributed by atoms with Gasteiger partial charge >= 0.3 is 0 Å². The van der Waals surface area contributed by atoms with E-state index >= 15 is 0 Å². The lowest BCUT2D eigenvalue weighted by molar-refractivity contribution is 0.592. The first-order valence-electron chi connectivity index (χ1n) is 9.10. The number of hydrogen-bond donors (Lipinski definition) is 1. The summed E-state index contributed by atoms with van der Waals surface area (Å²) >= 11 is 0. The maximum atomic E-state index is 13.0. The Morgan fingerprint density at radius 2 is 1.45 bits per heavy atom. The van der Waals surface area contributed by atoms with Crippen LogP contribution >= 0.6 is 0 Å². The third-order valence-electron chi connectivity index (χ3n) is 4.76. The minimum absolute atomic E-state index is 0.125. The SMILES string of the molecule is O=S(=O)(Cc1ccccc1)Nc1ccc(S(=O)(=O)N2CCc3ccccc32)cc1. The highest BCUT2D eigenvalue weighted by molar-refractivity contribution is 7.93. The molecular weight excluding hydrogens is 408 g/mol. The van der Waals surface area contributed by atoms with Gasteiger partial charge in [0.1, 0.15) is 0 Å². The number of para-hydroxylation sites is 1. The quantitative estimate of drug-likeness (QED) is 0.652. The molecule has 0 unspecified atom stereocenters. The Kier molecular flexibility index (Phi) is 5.06. The van der Waals surface area contributed by atoms with Gasteiger partial charge in [-0.3, -0.25) is 9.03 Å². The van der Waals surface area contributed by atoms with Crippen molar-refractivity contribution in [3.8, 4) is 0 Å². The van der Waals surface area contributed by atoms with Crippen molar-refractivity contribution in [2.45, 2.75) is 17.1 Å². The lowest BCUT2D eigenvalue weighted by Gasteiger charge is -2.19. The number of rotatable bonds is 6. The molecule has 0 saturated heterocycles. The van der Waals surface area contributed by atoms with E-state index in [0.717, 1.165) is 5.56 Å². The fraction of sp³-hybridized carbons (Fsp3) is 0.143. The Balaban J connectivity index is 1.52. The highest BCUT2D eigenvalue weighted by atomic mass is 32.2. The van der Waals surface area contributed by atoms with Gasteiger partial charge in [-0.15, -0.1) is 0 Å². The fourth-order valence-electron chi connectivity index (χ4n) is 3.39. The summed E-state index contributed by atoms with van der Waals surface area (Å²) in [5, 5.41) is 0. The monoisotopic (exact) mass is 428 g/mol. The van der Waals surface area contributed by atoms with Gasteiger partial charge in [-0.25, -0.2) is 16.8 Å². The van der Waals surface area contributed by atoms with Crippen molar-refractivity contribution in [2.24, 2.45) is 0 Å². The molecule has 3 aromatic carbocycles. The predicted octanol–water partition coefficient (Wildman–Crippen LogP) is 3.38. The van der Waals surface area contributed by atoms with Crippen LogP contribution in [0.5, 0.6) is 0 Å². The first-order valence-corrected chi connectivity index (χ1v) is 12.2. The van der Waals surface area contributed by atoms with Gasteiger partial charge in [-0.1, -0.05) is 48.5 Å². The van der Waals surface area contributed by atoms with Crippen LogP contribution in [-0.2, 0) is 32.2 Å². The molecule has 0 aromatic heterocycles. The number of hydrogen-bond acceptors (Lipinski definition) is 4. The Morgan fingerprint density at radius 1 is 0.793 bits per heavy atom. The lowest BCUT2D eigenvalue weighted by Crippen LogP contribution is -2.29. The van der Waals surface area contributed by atoms with Crippen molar-refractivity contribution in [3.05, 3.63) is 90.0 Å². The lowest BCUT2D eigenvalue weighted by atomic mass is 10.2. The molecule has 150 valence electrons. The Hall–Kier alpha value is -2.84. The van der Waals surface area contributed by atoms with Crippen molar-refractivity contribution in [2.75, 3.05) is 15.6 Å². The van der Waals surface area contributed by atoms with Crippen LogP contribution in [0.4, 0.5) is 11.4 Å². The molecule has 8 heteroatoms. The van der Waals surface area contributed by atoms with Gasteiger partial charge in [0, 0.05) is 12.2 Å². The van der Waals surface area contributed by atoms with E-state index in [1.807, 2.05) is 24.3 Å². The highest BCUT2D eigenvalue weighted by Gasteiger charge is 2.30. The molecule has 1 heterocycles. The number of fused-ring (bicyclic) bond motifs is 1. The van der Waals surface area contributed by atoms with Crippen molar-refractivity contribution in [1.29, 1.82) is 0 Å². The summed E-state index contributed by atoms with van der Waals surface area (Å²) in [5.74, 6) is -0.154. The van der Waals surface area contributed by atoms with Gasteiger partial charge in [-0.05, 0) is 47.9 Å². The second-order valence-electron chi connectivity index (χ2n) is 6.83. The standard InChI is InChI=1S/C21H20N2O4S2/c24-28(25,16-17-6-2-1-3-7-17)22-19-10-12-20(13-11-19)29(26,27)23-15-14-18-8-4-5-9-21(18)23/h1-13,22H,14-16H2. The zero-order chi connectivity index (χ0) is 20.5. The Morgan fingerprint density at radius 3 is 2.17 bits per heavy atom. The summed E-state index contributed by atoms with van der Waals surface area (Å²) in [6, 6.07) is 22.1. The van der Waals surface area contributed by atoms with E-state index < -0.39 is 20.0 Å². The largest absolute Gasteiger partial charge is 0.283 e. The maximum absolute atomic E-state index is 13.0. The van der Waals surface area contributed by atoms with E-state index in [1.165, 1.54) is 28.6 Å². The number of nitrogens with one attached hydrogen (secondary N) is 1. The van der Waals surface area contributed by atoms with Crippen molar-refractivity contribution in [1.82, 2.24) is 0 Å². The molecule has 0 saturated carbocycles. The molecule has 0 amide bonds. The Bertz CT molecular complexity index is 1220. The molecule has 0 spiro atoms. The van der Waals surface area contributed by atoms with E-state index in [-0.39, 0.29) is 10.6 Å². The molecule has 0 radical (unpaired) electrons. The summed E-state index contributed by atoms with van der Waals surface area (Å²) in [4.78, 5) is 0.125. The average Bonchev–Trinajstić information content (AvgIpc) is 3.13. The van der Waals surface area contributed by atoms with Crippen molar-refractivity contribution in [3.63, 3.8) is 0 Å². The normalized spacial score (nSPS) is 13.9. The summed E-state index contributed by atoms with van der Waals surface area (Å²) in [6.45, 7) is 0.396. The molecule has 1 N–H and O–H groups in total. The molecule has 1 aliphatic rings. The van der Waals surface area contributed by atoms with Crippen molar-refractivity contribution < 1.29 is 16.8 Å². The maximum Gasteiger partial charge on any atom is 0.264 e. The smallest absolute Gasteiger partial charge is 0.264 e. The average molecular weight is 429 g/mol. The van der Waals surface area contributed by atoms with Crippen molar-refractivity contribution >= 4 is 31.4 Å². The van der Waals surface area contributed by atoms with Crippen LogP contribution in [-0.4, -0.2) is 23.4 Å². The van der Waals surface area contributed by atoms with E-state index in [4.69, 9.17) is 0 Å². The van der Waals surface area contributed by atoms with E-state index in [0.29, 0.717) is 29.9 Å². The first kappa shape index (κ1) is 19.5. The highest BCUT2D eigenvalue weighted by Crippen LogP contribution is 2.32. The Labute approximate surface area is 170 Å². The minimum Gasteiger partial charge on any atom is -0.283 e. The molecule has 4 rings (SSSR count). The van der Waals surface area contributed by atoms with Crippen LogP contribution in [0.2, 0.25) is 0 Å². The van der Waals surface area contributed by atoms with Crippen LogP contribution in [0.1, 0.15) is 11.1 Å². The van der Waals surface area contributed by atoms with Gasteiger partial charge in [-0.2, -0.15) is 0 Å². The molecular formula is C21H20N2O4S2. The zero-order valence-electron chi connectivity index (χ0n) is 15.5. The van der Waals surface area contributed by atoms with Gasteiger partial charge in [0.15, 0.2) is 0 Å². The molecule has 29 heavy (non-hydrogen) atoms. The molecule has 0 bridgehead atoms. The summed E-state index contributed by atoms with van der Waals surface area (Å²) in [5.41, 5.74) is 2.69. The van der Waals surface area contributed by atoms with Crippen LogP contribution in [0.15, 0.2) is 83.8 Å². The second kappa shape index (κ2) is 7.53. The van der Waals surface area contributed by atoms with Gasteiger partial charge in [0.2, 0.25) is 10.0 Å². The second-order valence-corrected chi connectivity index (χ2v) is 10.4. The molecule has 6 nitrogen and oxygen atoms in total. The van der Waals surface area contributed by atoms with Gasteiger partial charge < -0.3 is 0 Å². The molecule has 3 aromatic rings. The first-order chi connectivity index (χ1) is 13.9. The van der Waals surface area contributed by atoms with Crippen LogP contribution in [0.25, 0.3) is 0 Å². The molecule has 0 aliphatic carbocycles. The third-order valence-corrected chi connectivity index (χ3v) is 7.85. The molecule has 1 aliphatic heterocycles. The van der Waals surface area contributed by atoms with Crippen LogP contribution in [0, 0.1) is 0 Å². The number of anilines is 2. The van der Waals surface area contributed by atoms with E-state index in [9.17, 15) is 16.8 Å². The summed E-state index contributed by atoms with van der Waals surface area (Å²) < 4.78 is 54.7. The van der Waals surface area contributed by atoms with Gasteiger partial charge in [0.25, 0.3) is 10.0 Å². The minimum atomic E-state index is -3.70. The third kappa shape index (κ3) is 4.13. The van der Waals surface area contributed by atoms with E-state index in [2.05, 4.69) is 4.72 Å².